The molecule has 1 atom stereocenters. The topological polar surface area (TPSA) is 49.4 Å². The van der Waals surface area contributed by atoms with E-state index >= 15 is 0 Å². The maximum absolute atomic E-state index is 14.0. The molecule has 2 rings (SSSR count). The lowest BCUT2D eigenvalue weighted by Gasteiger charge is -2.30. The highest BCUT2D eigenvalue weighted by Crippen LogP contribution is 2.28. The van der Waals surface area contributed by atoms with Gasteiger partial charge in [0.05, 0.1) is 5.75 Å². The molecule has 0 aliphatic rings. The molecule has 30 heavy (non-hydrogen) atoms. The second kappa shape index (κ2) is 11.8. The van der Waals surface area contributed by atoms with Crippen LogP contribution in [0.2, 0.25) is 15.1 Å². The molecule has 2 aromatic rings. The lowest BCUT2D eigenvalue weighted by molar-refractivity contribution is -0.139. The SMILES string of the molecule is CC[C@@H](C(=O)NC)N(Cc1c(Cl)cccc1Cl)C(=O)CSCc1c(F)cccc1Cl. The Morgan fingerprint density at radius 3 is 2.17 bits per heavy atom. The lowest BCUT2D eigenvalue weighted by atomic mass is 10.1. The minimum absolute atomic E-state index is 0.0419. The standard InChI is InChI=1S/C21H22Cl3FN2O2S/c1-3-19(21(29)26-2)27(10-13-15(22)6-4-7-16(13)23)20(28)12-30-11-14-17(24)8-5-9-18(14)25/h4-9,19H,3,10-12H2,1-2H3,(H,26,29)/t19-/m0/s1. The molecular formula is C21H22Cl3FN2O2S. The number of halogens is 4. The van der Waals surface area contributed by atoms with Gasteiger partial charge in [0.2, 0.25) is 11.8 Å². The quantitative estimate of drug-likeness (QED) is 0.499. The fourth-order valence-electron chi connectivity index (χ4n) is 2.93. The highest BCUT2D eigenvalue weighted by atomic mass is 35.5. The van der Waals surface area contributed by atoms with E-state index in [-0.39, 0.29) is 29.9 Å². The van der Waals surface area contributed by atoms with Crippen molar-refractivity contribution in [3.05, 3.63) is 68.4 Å². The molecule has 0 saturated heterocycles. The molecule has 0 unspecified atom stereocenters. The summed E-state index contributed by atoms with van der Waals surface area (Å²) < 4.78 is 14.0. The number of nitrogens with zero attached hydrogens (tertiary/aromatic N) is 1. The maximum Gasteiger partial charge on any atom is 0.242 e. The Balaban J connectivity index is 2.20. The van der Waals surface area contributed by atoms with E-state index in [9.17, 15) is 14.0 Å². The molecule has 162 valence electrons. The predicted molar refractivity (Wildman–Crippen MR) is 123 cm³/mol. The lowest BCUT2D eigenvalue weighted by Crippen LogP contribution is -2.48. The van der Waals surface area contributed by atoms with Gasteiger partial charge in [-0.3, -0.25) is 9.59 Å². The Hall–Kier alpha value is -1.47. The zero-order valence-corrected chi connectivity index (χ0v) is 19.6. The Morgan fingerprint density at radius 2 is 1.63 bits per heavy atom. The highest BCUT2D eigenvalue weighted by Gasteiger charge is 2.29. The summed E-state index contributed by atoms with van der Waals surface area (Å²) in [5.74, 6) is -0.705. The van der Waals surface area contributed by atoms with Crippen LogP contribution in [-0.2, 0) is 21.9 Å². The van der Waals surface area contributed by atoms with E-state index in [1.165, 1.54) is 35.8 Å². The molecule has 4 nitrogen and oxygen atoms in total. The third-order valence-electron chi connectivity index (χ3n) is 4.56. The molecule has 0 saturated carbocycles. The van der Waals surface area contributed by atoms with E-state index in [1.54, 1.807) is 24.3 Å². The average Bonchev–Trinajstić information content (AvgIpc) is 2.71. The number of hydrogen-bond donors (Lipinski definition) is 1. The third kappa shape index (κ3) is 6.27. The fraction of sp³-hybridized carbons (Fsp3) is 0.333. The van der Waals surface area contributed by atoms with E-state index in [2.05, 4.69) is 5.32 Å². The normalized spacial score (nSPS) is 11.8. The molecule has 2 amide bonds. The summed E-state index contributed by atoms with van der Waals surface area (Å²) in [6, 6.07) is 8.85. The average molecular weight is 492 g/mol. The summed E-state index contributed by atoms with van der Waals surface area (Å²) in [5.41, 5.74) is 0.912. The molecule has 0 radical (unpaired) electrons. The van der Waals surface area contributed by atoms with Gasteiger partial charge in [0, 0.05) is 45.5 Å². The first-order valence-corrected chi connectivity index (χ1v) is 11.5. The number of hydrogen-bond acceptors (Lipinski definition) is 3. The Morgan fingerprint density at radius 1 is 1.07 bits per heavy atom. The summed E-state index contributed by atoms with van der Waals surface area (Å²) in [6.07, 6.45) is 0.414. The van der Waals surface area contributed by atoms with Gasteiger partial charge in [0.1, 0.15) is 11.9 Å². The molecule has 0 heterocycles. The molecular weight excluding hydrogens is 470 g/mol. The van der Waals surface area contributed by atoms with Gasteiger partial charge in [-0.2, -0.15) is 0 Å². The number of rotatable bonds is 9. The van der Waals surface area contributed by atoms with Gasteiger partial charge in [-0.1, -0.05) is 53.9 Å². The van der Waals surface area contributed by atoms with Gasteiger partial charge in [-0.15, -0.1) is 11.8 Å². The molecule has 0 spiro atoms. The van der Waals surface area contributed by atoms with Gasteiger partial charge < -0.3 is 10.2 Å². The van der Waals surface area contributed by atoms with Crippen LogP contribution >= 0.6 is 46.6 Å². The Labute approximate surface area is 195 Å². The fourth-order valence-corrected chi connectivity index (χ4v) is 4.70. The van der Waals surface area contributed by atoms with E-state index < -0.39 is 11.9 Å². The van der Waals surface area contributed by atoms with Crippen molar-refractivity contribution in [3.63, 3.8) is 0 Å². The zero-order chi connectivity index (χ0) is 22.3. The summed E-state index contributed by atoms with van der Waals surface area (Å²) >= 11 is 19.8. The van der Waals surface area contributed by atoms with Crippen LogP contribution in [0.3, 0.4) is 0 Å². The monoisotopic (exact) mass is 490 g/mol. The number of carbonyl (C=O) groups is 2. The summed E-state index contributed by atoms with van der Waals surface area (Å²) in [6.45, 7) is 1.91. The number of amides is 2. The van der Waals surface area contributed by atoms with Crippen molar-refractivity contribution in [2.45, 2.75) is 31.7 Å². The molecule has 1 N–H and O–H groups in total. The zero-order valence-electron chi connectivity index (χ0n) is 16.6. The maximum atomic E-state index is 14.0. The van der Waals surface area contributed by atoms with Crippen LogP contribution in [0.15, 0.2) is 36.4 Å². The minimum Gasteiger partial charge on any atom is -0.357 e. The van der Waals surface area contributed by atoms with Crippen molar-refractivity contribution in [3.8, 4) is 0 Å². The predicted octanol–water partition coefficient (Wildman–Crippen LogP) is 5.57. The van der Waals surface area contributed by atoms with E-state index in [1.807, 2.05) is 6.92 Å². The number of thioether (sulfide) groups is 1. The minimum atomic E-state index is -0.688. The second-order valence-electron chi connectivity index (χ2n) is 6.45. The van der Waals surface area contributed by atoms with Crippen molar-refractivity contribution in [2.24, 2.45) is 0 Å². The molecule has 0 bridgehead atoms. The van der Waals surface area contributed by atoms with Gasteiger partial charge in [0.15, 0.2) is 0 Å². The van der Waals surface area contributed by atoms with Crippen LogP contribution < -0.4 is 5.32 Å². The van der Waals surface area contributed by atoms with Crippen LogP contribution in [0.4, 0.5) is 4.39 Å². The first-order chi connectivity index (χ1) is 14.3. The van der Waals surface area contributed by atoms with Gasteiger partial charge >= 0.3 is 0 Å². The summed E-state index contributed by atoms with van der Waals surface area (Å²) in [7, 11) is 1.52. The van der Waals surface area contributed by atoms with Crippen LogP contribution in [0, 0.1) is 5.82 Å². The van der Waals surface area contributed by atoms with Gasteiger partial charge in [-0.25, -0.2) is 4.39 Å². The third-order valence-corrected chi connectivity index (χ3v) is 6.56. The van der Waals surface area contributed by atoms with Crippen LogP contribution in [0.5, 0.6) is 0 Å². The molecule has 0 aliphatic carbocycles. The van der Waals surface area contributed by atoms with Gasteiger partial charge in [-0.05, 0) is 30.7 Å². The summed E-state index contributed by atoms with van der Waals surface area (Å²) in [5, 5.41) is 3.73. The molecule has 0 fully saturated rings. The van der Waals surface area contributed by atoms with Crippen molar-refractivity contribution in [1.82, 2.24) is 10.2 Å². The summed E-state index contributed by atoms with van der Waals surface area (Å²) in [4.78, 5) is 26.9. The van der Waals surface area contributed by atoms with Crippen LogP contribution in [-0.4, -0.2) is 35.6 Å². The van der Waals surface area contributed by atoms with E-state index in [4.69, 9.17) is 34.8 Å². The second-order valence-corrected chi connectivity index (χ2v) is 8.66. The molecule has 2 aromatic carbocycles. The largest absolute Gasteiger partial charge is 0.357 e. The van der Waals surface area contributed by atoms with Crippen LogP contribution in [0.1, 0.15) is 24.5 Å². The van der Waals surface area contributed by atoms with Gasteiger partial charge in [0.25, 0.3) is 0 Å². The highest BCUT2D eigenvalue weighted by molar-refractivity contribution is 7.99. The number of likely N-dealkylation sites (N-methyl/N-ethyl adjacent to an activating group) is 1. The van der Waals surface area contributed by atoms with Crippen molar-refractivity contribution < 1.29 is 14.0 Å². The van der Waals surface area contributed by atoms with Crippen molar-refractivity contribution in [1.29, 1.82) is 0 Å². The van der Waals surface area contributed by atoms with E-state index in [0.717, 1.165) is 0 Å². The van der Waals surface area contributed by atoms with E-state index in [0.29, 0.717) is 32.6 Å². The number of benzene rings is 2. The smallest absolute Gasteiger partial charge is 0.242 e. The molecule has 9 heteroatoms. The van der Waals surface area contributed by atoms with Crippen molar-refractivity contribution >= 4 is 58.4 Å². The molecule has 0 aromatic heterocycles. The van der Waals surface area contributed by atoms with Crippen molar-refractivity contribution in [2.75, 3.05) is 12.8 Å². The Kier molecular flexibility index (Phi) is 9.75. The number of carbonyl (C=O) groups excluding carboxylic acids is 2. The first kappa shape index (κ1) is 24.8. The Bertz CT molecular complexity index is 873. The van der Waals surface area contributed by atoms with Crippen LogP contribution in [0.25, 0.3) is 0 Å². The first-order valence-electron chi connectivity index (χ1n) is 9.24. The molecule has 0 aliphatic heterocycles. The number of nitrogens with one attached hydrogen (secondary N) is 1.